The molecule has 9 heavy (non-hydrogen) atoms. The van der Waals surface area contributed by atoms with Crippen molar-refractivity contribution in [2.24, 2.45) is 0 Å². The third-order valence-electron chi connectivity index (χ3n) is 1.00. The average molecular weight is 225 g/mol. The largest absolute Gasteiger partial charge is 0.375 e. The Morgan fingerprint density at radius 2 is 1.78 bits per heavy atom. The summed E-state index contributed by atoms with van der Waals surface area (Å²) in [6.45, 7) is 1.77. The van der Waals surface area contributed by atoms with Crippen molar-refractivity contribution in [3.05, 3.63) is 0 Å². The van der Waals surface area contributed by atoms with Gasteiger partial charge < -0.3 is 0 Å². The van der Waals surface area contributed by atoms with E-state index in [1.54, 1.807) is 13.6 Å². The van der Waals surface area contributed by atoms with Crippen LogP contribution in [0.1, 0.15) is 0 Å². The highest BCUT2D eigenvalue weighted by Gasteiger charge is 2.40. The second kappa shape index (κ2) is 3.70. The average Bonchev–Trinajstić information content (AvgIpc) is 1.65. The molecular weight excluding hydrogens is 219 g/mol. The first-order chi connectivity index (χ1) is 3.89. The Bertz CT molecular complexity index is 86.6. The predicted molar refractivity (Wildman–Crippen MR) is 48.5 cm³/mol. The van der Waals surface area contributed by atoms with Crippen LogP contribution in [-0.4, -0.2) is 23.7 Å². The molecular formula is C2H6BCl4NSi. The number of rotatable bonds is 2. The van der Waals surface area contributed by atoms with E-state index in [-0.39, 0.29) is 0 Å². The maximum Gasteiger partial charge on any atom is 0.375 e. The maximum atomic E-state index is 5.87. The lowest BCUT2D eigenvalue weighted by atomic mass is 10.7. The van der Waals surface area contributed by atoms with Gasteiger partial charge in [0.05, 0.1) is 0 Å². The van der Waals surface area contributed by atoms with Gasteiger partial charge in [-0.3, -0.25) is 0 Å². The van der Waals surface area contributed by atoms with Crippen LogP contribution < -0.4 is 0 Å². The summed E-state index contributed by atoms with van der Waals surface area (Å²) in [5.74, 6) is 0. The summed E-state index contributed by atoms with van der Waals surface area (Å²) < 4.78 is 1.37. The maximum absolute atomic E-state index is 5.87. The van der Waals surface area contributed by atoms with Crippen LogP contribution in [0.25, 0.3) is 0 Å². The van der Waals surface area contributed by atoms with E-state index in [1.165, 1.54) is 4.08 Å². The quantitative estimate of drug-likeness (QED) is 0.396. The molecule has 1 atom stereocenters. The van der Waals surface area contributed by atoms with Crippen LogP contribution in [0.3, 0.4) is 0 Å². The van der Waals surface area contributed by atoms with Gasteiger partial charge in [-0.05, 0) is 25.4 Å². The smallest absolute Gasteiger partial charge is 0.233 e. The van der Waals surface area contributed by atoms with Crippen LogP contribution in [0.5, 0.6) is 0 Å². The minimum absolute atomic E-state index is 0.568. The molecule has 0 fully saturated rings. The Labute approximate surface area is 75.9 Å². The molecule has 1 nitrogen and oxygen atoms in total. The summed E-state index contributed by atoms with van der Waals surface area (Å²) >= 11 is 22.5. The standard InChI is InChI=1S/C2H6BCl4NSi/c1-8(6)9(2,7)3(4)5/h1-2H3. The third kappa shape index (κ3) is 2.87. The van der Waals surface area contributed by atoms with Gasteiger partial charge in [0.2, 0.25) is 7.42 Å². The second-order valence-electron chi connectivity index (χ2n) is 1.80. The molecule has 0 aliphatic carbocycles. The summed E-state index contributed by atoms with van der Waals surface area (Å²) in [7, 11) is -0.605. The molecule has 0 saturated heterocycles. The van der Waals surface area contributed by atoms with E-state index in [0.29, 0.717) is 0 Å². The summed E-state index contributed by atoms with van der Waals surface area (Å²) in [6.07, 6.45) is 0. The lowest BCUT2D eigenvalue weighted by molar-refractivity contribution is 0.857. The zero-order valence-corrected chi connectivity index (χ0v) is 9.06. The Morgan fingerprint density at radius 1 is 1.44 bits per heavy atom. The highest BCUT2D eigenvalue weighted by atomic mass is 35.6. The molecule has 0 rings (SSSR count). The van der Waals surface area contributed by atoms with Gasteiger partial charge in [0.25, 0.3) is 0 Å². The second-order valence-corrected chi connectivity index (χ2v) is 10.0. The van der Waals surface area contributed by atoms with Crippen molar-refractivity contribution in [2.75, 3.05) is 7.05 Å². The van der Waals surface area contributed by atoms with Gasteiger partial charge in [-0.2, -0.15) is 34.0 Å². The zero-order chi connectivity index (χ0) is 7.65. The van der Waals surface area contributed by atoms with Gasteiger partial charge >= 0.3 is 5.14 Å². The van der Waals surface area contributed by atoms with Gasteiger partial charge in [0.15, 0.2) is 0 Å². The number of nitrogens with zero attached hydrogens (tertiary/aromatic N) is 1. The van der Waals surface area contributed by atoms with Crippen molar-refractivity contribution in [2.45, 2.75) is 6.55 Å². The van der Waals surface area contributed by atoms with Crippen molar-refractivity contribution in [3.63, 3.8) is 0 Å². The van der Waals surface area contributed by atoms with E-state index in [1.807, 2.05) is 0 Å². The zero-order valence-electron chi connectivity index (χ0n) is 5.04. The van der Waals surface area contributed by atoms with Crippen LogP contribution in [0, 0.1) is 0 Å². The summed E-state index contributed by atoms with van der Waals surface area (Å²) in [6, 6.07) is 0. The highest BCUT2D eigenvalue weighted by Crippen LogP contribution is 2.23. The summed E-state index contributed by atoms with van der Waals surface area (Å²) in [5.41, 5.74) is 0. The first-order valence-electron chi connectivity index (χ1n) is 2.25. The number of halogens is 4. The molecule has 0 bridgehead atoms. The minimum atomic E-state index is -2.26. The Hall–Kier alpha value is 1.40. The molecule has 0 aromatic rings. The van der Waals surface area contributed by atoms with Crippen LogP contribution in [0.4, 0.5) is 0 Å². The van der Waals surface area contributed by atoms with Gasteiger partial charge in [-0.1, -0.05) is 0 Å². The molecule has 0 N–H and O–H groups in total. The lowest BCUT2D eigenvalue weighted by Gasteiger charge is -2.23. The van der Waals surface area contributed by atoms with E-state index in [4.69, 9.17) is 45.8 Å². The SMILES string of the molecule is CN(Cl)[Si](C)(Cl)B(Cl)Cl. The molecule has 0 aliphatic heterocycles. The number of hydrogen-bond acceptors (Lipinski definition) is 1. The van der Waals surface area contributed by atoms with Crippen molar-refractivity contribution in [1.29, 1.82) is 0 Å². The third-order valence-corrected chi connectivity index (χ3v) is 8.95. The fourth-order valence-electron chi connectivity index (χ4n) is 0.134. The van der Waals surface area contributed by atoms with E-state index in [2.05, 4.69) is 0 Å². The fraction of sp³-hybridized carbons (Fsp3) is 1.00. The molecule has 1 unspecified atom stereocenters. The summed E-state index contributed by atoms with van der Waals surface area (Å²) in [4.78, 5) is 0. The van der Waals surface area contributed by atoms with Crippen molar-refractivity contribution >= 4 is 58.3 Å². The van der Waals surface area contributed by atoms with Gasteiger partial charge in [-0.15, -0.1) is 0 Å². The normalized spacial score (nSPS) is 17.7. The molecule has 0 heterocycles. The van der Waals surface area contributed by atoms with Gasteiger partial charge in [0.1, 0.15) is 0 Å². The first kappa shape index (κ1) is 10.4. The van der Waals surface area contributed by atoms with Crippen molar-refractivity contribution < 1.29 is 0 Å². The van der Waals surface area contributed by atoms with E-state index in [0.717, 1.165) is 0 Å². The van der Waals surface area contributed by atoms with E-state index >= 15 is 0 Å². The molecule has 0 radical (unpaired) electrons. The molecule has 0 saturated carbocycles. The molecule has 0 amide bonds. The monoisotopic (exact) mass is 223 g/mol. The van der Waals surface area contributed by atoms with Crippen LogP contribution in [-0.2, 0) is 0 Å². The van der Waals surface area contributed by atoms with Crippen LogP contribution >= 0.6 is 45.8 Å². The number of hydrogen-bond donors (Lipinski definition) is 0. The van der Waals surface area contributed by atoms with Gasteiger partial charge in [0, 0.05) is 0 Å². The van der Waals surface area contributed by atoms with Crippen LogP contribution in [0.2, 0.25) is 6.55 Å². The lowest BCUT2D eigenvalue weighted by Crippen LogP contribution is -2.47. The molecule has 0 aliphatic rings. The molecule has 7 heteroatoms. The fourth-order valence-corrected chi connectivity index (χ4v) is 1.87. The molecule has 0 aromatic heterocycles. The highest BCUT2D eigenvalue weighted by molar-refractivity contribution is 7.75. The predicted octanol–water partition coefficient (Wildman–Crippen LogP) is 2.43. The van der Waals surface area contributed by atoms with E-state index in [9.17, 15) is 0 Å². The van der Waals surface area contributed by atoms with Crippen molar-refractivity contribution in [1.82, 2.24) is 4.08 Å². The van der Waals surface area contributed by atoms with E-state index < -0.39 is 12.6 Å². The minimum Gasteiger partial charge on any atom is -0.233 e. The molecule has 0 spiro atoms. The van der Waals surface area contributed by atoms with Gasteiger partial charge in [-0.25, -0.2) is 4.08 Å². The Balaban J connectivity index is 4.01. The molecule has 54 valence electrons. The van der Waals surface area contributed by atoms with Crippen molar-refractivity contribution in [3.8, 4) is 0 Å². The Morgan fingerprint density at radius 3 is 1.78 bits per heavy atom. The molecule has 0 aromatic carbocycles. The van der Waals surface area contributed by atoms with Crippen LogP contribution in [0.15, 0.2) is 0 Å². The Kier molecular flexibility index (Phi) is 4.27. The topological polar surface area (TPSA) is 3.24 Å². The first-order valence-corrected chi connectivity index (χ1v) is 7.00. The summed E-state index contributed by atoms with van der Waals surface area (Å²) in [5, 5.41) is -0.568.